The largest absolute Gasteiger partial charge is 0.371 e. The number of hydrogen-bond acceptors (Lipinski definition) is 10. The molecule has 4 aliphatic heterocycles. The fourth-order valence-electron chi connectivity index (χ4n) is 3.34. The van der Waals surface area contributed by atoms with Gasteiger partial charge in [0.1, 0.15) is 50.8 Å². The normalized spacial score (nSPS) is 25.8. The lowest BCUT2D eigenvalue weighted by atomic mass is 10.0. The summed E-state index contributed by atoms with van der Waals surface area (Å²) in [6.45, 7) is 4.79. The molecule has 188 valence electrons. The highest BCUT2D eigenvalue weighted by Crippen LogP contribution is 2.24. The lowest BCUT2D eigenvalue weighted by Gasteiger charge is -2.22. The van der Waals surface area contributed by atoms with Crippen LogP contribution in [0.15, 0.2) is 48.5 Å². The van der Waals surface area contributed by atoms with Gasteiger partial charge in [-0.15, -0.1) is 10.5 Å². The highest BCUT2D eigenvalue weighted by Gasteiger charge is 2.28. The molecule has 6 rings (SSSR count). The fraction of sp³-hybridized carbons (Fsp3) is 0.520. The van der Waals surface area contributed by atoms with Crippen molar-refractivity contribution in [2.45, 2.75) is 30.8 Å². The van der Waals surface area contributed by atoms with Crippen LogP contribution in [-0.4, -0.2) is 77.3 Å². The molecule has 2 aromatic rings. The van der Waals surface area contributed by atoms with E-state index in [1.54, 1.807) is 0 Å². The van der Waals surface area contributed by atoms with Crippen LogP contribution in [0.25, 0.3) is 0 Å². The van der Waals surface area contributed by atoms with Gasteiger partial charge in [-0.1, -0.05) is 24.3 Å². The van der Waals surface area contributed by atoms with E-state index in [4.69, 9.17) is 38.3 Å². The molecular formula is C25H30N2O8. The molecule has 0 bridgehead atoms. The lowest BCUT2D eigenvalue weighted by Crippen LogP contribution is -2.28. The van der Waals surface area contributed by atoms with Crippen LogP contribution in [0.1, 0.15) is 11.1 Å². The molecule has 35 heavy (non-hydrogen) atoms. The molecule has 0 saturated carbocycles. The van der Waals surface area contributed by atoms with E-state index in [0.717, 1.165) is 44.2 Å². The third-order valence-electron chi connectivity index (χ3n) is 5.82. The average molecular weight is 487 g/mol. The van der Waals surface area contributed by atoms with Crippen LogP contribution in [0.5, 0.6) is 0 Å². The summed E-state index contributed by atoms with van der Waals surface area (Å²) in [5, 5.41) is 2.94. The number of anilines is 2. The van der Waals surface area contributed by atoms with Crippen molar-refractivity contribution in [1.82, 2.24) is 0 Å². The van der Waals surface area contributed by atoms with E-state index in [2.05, 4.69) is 24.3 Å². The smallest absolute Gasteiger partial charge is 0.107 e. The van der Waals surface area contributed by atoms with E-state index >= 15 is 0 Å². The fourth-order valence-corrected chi connectivity index (χ4v) is 3.34. The number of nitrogens with zero attached hydrogens (tertiary/aromatic N) is 2. The summed E-state index contributed by atoms with van der Waals surface area (Å²) in [4.78, 5) is 23.1. The van der Waals surface area contributed by atoms with Crippen molar-refractivity contribution in [1.29, 1.82) is 0 Å². The summed E-state index contributed by atoms with van der Waals surface area (Å²) in [7, 11) is 0. The third kappa shape index (κ3) is 7.35. The first-order valence-corrected chi connectivity index (χ1v) is 12.0. The summed E-state index contributed by atoms with van der Waals surface area (Å²) in [5.41, 5.74) is 4.02. The van der Waals surface area contributed by atoms with Gasteiger partial charge in [0, 0.05) is 0 Å². The Bertz CT molecular complexity index is 833. The van der Waals surface area contributed by atoms with Crippen molar-refractivity contribution in [2.75, 3.05) is 63.3 Å². The van der Waals surface area contributed by atoms with Crippen LogP contribution in [0.3, 0.4) is 0 Å². The van der Waals surface area contributed by atoms with Crippen molar-refractivity contribution in [2.24, 2.45) is 0 Å². The van der Waals surface area contributed by atoms with Crippen molar-refractivity contribution in [3.8, 4) is 0 Å². The van der Waals surface area contributed by atoms with Crippen LogP contribution in [0.4, 0.5) is 11.4 Å². The highest BCUT2D eigenvalue weighted by molar-refractivity contribution is 5.46. The molecule has 10 nitrogen and oxygen atoms in total. The number of epoxide rings is 4. The van der Waals surface area contributed by atoms with E-state index in [9.17, 15) is 0 Å². The zero-order valence-electron chi connectivity index (χ0n) is 19.5. The van der Waals surface area contributed by atoms with E-state index in [1.807, 2.05) is 24.3 Å². The third-order valence-corrected chi connectivity index (χ3v) is 5.82. The average Bonchev–Trinajstić information content (AvgIpc) is 3.72. The van der Waals surface area contributed by atoms with Gasteiger partial charge in [-0.05, 0) is 41.8 Å². The number of rotatable bonds is 16. The van der Waals surface area contributed by atoms with Gasteiger partial charge in [0.05, 0.1) is 37.8 Å². The molecule has 4 heterocycles. The second-order valence-corrected chi connectivity index (χ2v) is 9.03. The van der Waals surface area contributed by atoms with Crippen LogP contribution >= 0.6 is 0 Å². The van der Waals surface area contributed by atoms with E-state index < -0.39 is 0 Å². The van der Waals surface area contributed by atoms with Crippen molar-refractivity contribution in [3.63, 3.8) is 0 Å². The van der Waals surface area contributed by atoms with Gasteiger partial charge in [-0.3, -0.25) is 0 Å². The minimum Gasteiger partial charge on any atom is -0.371 e. The lowest BCUT2D eigenvalue weighted by molar-refractivity contribution is -0.0961. The Morgan fingerprint density at radius 2 is 0.800 bits per heavy atom. The number of ether oxygens (including phenoxy) is 4. The predicted octanol–water partition coefficient (Wildman–Crippen LogP) is 2.21. The van der Waals surface area contributed by atoms with Gasteiger partial charge in [0.25, 0.3) is 0 Å². The summed E-state index contributed by atoms with van der Waals surface area (Å²) >= 11 is 0. The zero-order chi connectivity index (χ0) is 23.5. The summed E-state index contributed by atoms with van der Waals surface area (Å²) in [6.07, 6.45) is 1.39. The Balaban J connectivity index is 1.04. The van der Waals surface area contributed by atoms with Crippen LogP contribution < -0.4 is 10.5 Å². The maximum absolute atomic E-state index is 5.79. The minimum atomic E-state index is 0.149. The molecule has 0 amide bonds. The van der Waals surface area contributed by atoms with E-state index in [0.29, 0.717) is 26.4 Å². The molecule has 4 unspecified atom stereocenters. The van der Waals surface area contributed by atoms with Gasteiger partial charge >= 0.3 is 0 Å². The standard InChI is InChI=1S/C25H30N2O8/c1-5-20(26(32-14-22-10-28-22)33-15-23-11-29-23)6-2-18(1)9-19-3-7-21(8-4-19)27(34-16-24-12-30-24)35-17-25-13-31-25/h1-8,22-25H,9-17H2. The van der Waals surface area contributed by atoms with Crippen molar-refractivity contribution < 1.29 is 38.3 Å². The molecule has 0 aliphatic carbocycles. The van der Waals surface area contributed by atoms with Crippen molar-refractivity contribution in [3.05, 3.63) is 59.7 Å². The first-order valence-electron chi connectivity index (χ1n) is 12.0. The van der Waals surface area contributed by atoms with Gasteiger partial charge in [0.15, 0.2) is 0 Å². The molecule has 0 aromatic heterocycles. The highest BCUT2D eigenvalue weighted by atomic mass is 17.0. The van der Waals surface area contributed by atoms with Crippen LogP contribution in [0.2, 0.25) is 0 Å². The molecule has 10 heteroatoms. The zero-order valence-corrected chi connectivity index (χ0v) is 19.5. The molecule has 0 N–H and O–H groups in total. The van der Waals surface area contributed by atoms with E-state index in [-0.39, 0.29) is 24.4 Å². The van der Waals surface area contributed by atoms with Crippen LogP contribution in [0, 0.1) is 0 Å². The van der Waals surface area contributed by atoms with Gasteiger partial charge < -0.3 is 18.9 Å². The number of benzene rings is 2. The quantitative estimate of drug-likeness (QED) is 0.260. The van der Waals surface area contributed by atoms with E-state index in [1.165, 1.54) is 21.6 Å². The molecular weight excluding hydrogens is 456 g/mol. The SMILES string of the molecule is c1cc(N(OCC2CO2)OCC2CO2)ccc1Cc1ccc(N(OCC2CO2)OCC2CO2)cc1. The second kappa shape index (κ2) is 10.8. The molecule has 4 fully saturated rings. The first kappa shape index (κ1) is 23.1. The maximum atomic E-state index is 5.79. The molecule has 0 radical (unpaired) electrons. The molecule has 4 saturated heterocycles. The van der Waals surface area contributed by atoms with Gasteiger partial charge in [-0.2, -0.15) is 0 Å². The summed E-state index contributed by atoms with van der Waals surface area (Å²) < 4.78 is 20.9. The summed E-state index contributed by atoms with van der Waals surface area (Å²) in [6, 6.07) is 16.3. The topological polar surface area (TPSA) is 93.5 Å². The van der Waals surface area contributed by atoms with Gasteiger partial charge in [-0.25, -0.2) is 19.4 Å². The van der Waals surface area contributed by atoms with Gasteiger partial charge in [0.2, 0.25) is 0 Å². The molecule has 2 aromatic carbocycles. The summed E-state index contributed by atoms with van der Waals surface area (Å²) in [5.74, 6) is 0. The monoisotopic (exact) mass is 486 g/mol. The Labute approximate surface area is 203 Å². The Hall–Kier alpha value is -2.28. The maximum Gasteiger partial charge on any atom is 0.107 e. The Kier molecular flexibility index (Phi) is 7.12. The first-order chi connectivity index (χ1) is 17.3. The van der Waals surface area contributed by atoms with Crippen molar-refractivity contribution >= 4 is 11.4 Å². The molecule has 4 aliphatic rings. The van der Waals surface area contributed by atoms with Crippen LogP contribution in [-0.2, 0) is 44.7 Å². The molecule has 4 atom stereocenters. The molecule has 0 spiro atoms. The number of hydrogen-bond donors (Lipinski definition) is 0. The second-order valence-electron chi connectivity index (χ2n) is 9.03. The Morgan fingerprint density at radius 1 is 0.514 bits per heavy atom. The Morgan fingerprint density at radius 3 is 1.06 bits per heavy atom. The minimum absolute atomic E-state index is 0.149. The predicted molar refractivity (Wildman–Crippen MR) is 123 cm³/mol.